The van der Waals surface area contributed by atoms with Crippen LogP contribution in [-0.4, -0.2) is 15.9 Å². The van der Waals surface area contributed by atoms with Crippen molar-refractivity contribution in [1.29, 1.82) is 0 Å². The molecule has 3 aromatic carbocycles. The van der Waals surface area contributed by atoms with Crippen molar-refractivity contribution in [3.05, 3.63) is 104 Å². The molecule has 0 spiro atoms. The monoisotopic (exact) mass is 507 g/mol. The highest BCUT2D eigenvalue weighted by atomic mass is 79.9. The van der Waals surface area contributed by atoms with E-state index in [2.05, 4.69) is 28.0 Å². The van der Waals surface area contributed by atoms with Gasteiger partial charge in [0, 0.05) is 22.0 Å². The first-order valence-corrected chi connectivity index (χ1v) is 11.6. The van der Waals surface area contributed by atoms with Crippen molar-refractivity contribution >= 4 is 33.0 Å². The minimum Gasteiger partial charge on any atom is -0.488 e. The maximum Gasteiger partial charge on any atom is 0.282 e. The summed E-state index contributed by atoms with van der Waals surface area (Å²) in [6.07, 6.45) is 4.09. The predicted molar refractivity (Wildman–Crippen MR) is 132 cm³/mol. The Kier molecular flexibility index (Phi) is 7.29. The first kappa shape index (κ1) is 22.9. The highest BCUT2D eigenvalue weighted by Crippen LogP contribution is 2.20. The Hall–Kier alpha value is -3.32. The van der Waals surface area contributed by atoms with Gasteiger partial charge in [-0.05, 0) is 42.8 Å². The van der Waals surface area contributed by atoms with Crippen molar-refractivity contribution in [2.45, 2.75) is 32.8 Å². The van der Waals surface area contributed by atoms with Crippen LogP contribution in [0, 0.1) is 5.82 Å². The van der Waals surface area contributed by atoms with Crippen LogP contribution in [0.5, 0.6) is 5.75 Å². The third-order valence-corrected chi connectivity index (χ3v) is 5.69. The van der Waals surface area contributed by atoms with E-state index in [-0.39, 0.29) is 18.0 Å². The molecule has 0 aliphatic heterocycles. The molecule has 0 N–H and O–H groups in total. The molecule has 0 aliphatic carbocycles. The van der Waals surface area contributed by atoms with Crippen LogP contribution < -0.4 is 10.3 Å². The Bertz CT molecular complexity index is 1370. The van der Waals surface area contributed by atoms with Crippen LogP contribution in [0.4, 0.5) is 4.39 Å². The van der Waals surface area contributed by atoms with Crippen molar-refractivity contribution < 1.29 is 9.13 Å². The molecule has 1 aromatic heterocycles. The highest BCUT2D eigenvalue weighted by molar-refractivity contribution is 9.10. The molecule has 0 amide bonds. The van der Waals surface area contributed by atoms with Crippen molar-refractivity contribution in [2.75, 3.05) is 0 Å². The fourth-order valence-electron chi connectivity index (χ4n) is 3.42. The number of hydrogen-bond donors (Lipinski definition) is 0. The Balaban J connectivity index is 1.69. The first-order valence-electron chi connectivity index (χ1n) is 10.8. The topological polar surface area (TPSA) is 56.5 Å². The molecule has 4 rings (SSSR count). The van der Waals surface area contributed by atoms with Crippen molar-refractivity contribution in [1.82, 2.24) is 9.66 Å². The molecule has 0 aliphatic rings. The fourth-order valence-corrected chi connectivity index (χ4v) is 3.78. The second-order valence-electron chi connectivity index (χ2n) is 7.57. The first-order chi connectivity index (χ1) is 16.1. The highest BCUT2D eigenvalue weighted by Gasteiger charge is 2.11. The van der Waals surface area contributed by atoms with Crippen LogP contribution in [0.3, 0.4) is 0 Å². The van der Waals surface area contributed by atoms with E-state index in [0.29, 0.717) is 40.0 Å². The van der Waals surface area contributed by atoms with E-state index in [1.165, 1.54) is 10.7 Å². The molecule has 33 heavy (non-hydrogen) atoms. The van der Waals surface area contributed by atoms with E-state index in [9.17, 15) is 9.18 Å². The Labute approximate surface area is 199 Å². The summed E-state index contributed by atoms with van der Waals surface area (Å²) in [5, 5.41) is 4.98. The standard InChI is InChI=1S/C26H23BrFN3O2/c1-2-3-12-25-30-23-14-13-20(27)15-21(23)26(32)31(25)29-16-18-8-5-7-11-24(18)33-17-19-9-4-6-10-22(19)28/h4-11,13-16H,2-3,12,17H2,1H3. The number of rotatable bonds is 8. The van der Waals surface area contributed by atoms with Gasteiger partial charge in [-0.2, -0.15) is 9.78 Å². The normalized spacial score (nSPS) is 11.4. The number of benzene rings is 3. The van der Waals surface area contributed by atoms with E-state index >= 15 is 0 Å². The fraction of sp³-hybridized carbons (Fsp3) is 0.192. The van der Waals surface area contributed by atoms with E-state index in [1.54, 1.807) is 36.5 Å². The number of para-hydroxylation sites is 1. The quantitative estimate of drug-likeness (QED) is 0.270. The van der Waals surface area contributed by atoms with Gasteiger partial charge >= 0.3 is 0 Å². The lowest BCUT2D eigenvalue weighted by Crippen LogP contribution is -2.22. The molecular weight excluding hydrogens is 485 g/mol. The van der Waals surface area contributed by atoms with E-state index in [0.717, 1.165) is 17.3 Å². The van der Waals surface area contributed by atoms with Gasteiger partial charge in [-0.3, -0.25) is 4.79 Å². The van der Waals surface area contributed by atoms with Gasteiger partial charge < -0.3 is 4.74 Å². The maximum atomic E-state index is 14.0. The number of nitrogens with zero attached hydrogens (tertiary/aromatic N) is 3. The summed E-state index contributed by atoms with van der Waals surface area (Å²) < 4.78 is 22.0. The number of unbranched alkanes of at least 4 members (excludes halogenated alkanes) is 1. The number of aryl methyl sites for hydroxylation is 1. The second-order valence-corrected chi connectivity index (χ2v) is 8.49. The molecule has 5 nitrogen and oxygen atoms in total. The Morgan fingerprint density at radius 1 is 1.12 bits per heavy atom. The number of halogens is 2. The number of hydrogen-bond acceptors (Lipinski definition) is 4. The van der Waals surface area contributed by atoms with Gasteiger partial charge in [0.15, 0.2) is 0 Å². The Morgan fingerprint density at radius 3 is 2.73 bits per heavy atom. The molecule has 1 heterocycles. The number of ether oxygens (including phenoxy) is 1. The van der Waals surface area contributed by atoms with Gasteiger partial charge in [0.05, 0.1) is 17.1 Å². The van der Waals surface area contributed by atoms with Gasteiger partial charge in [0.25, 0.3) is 5.56 Å². The number of fused-ring (bicyclic) bond motifs is 1. The van der Waals surface area contributed by atoms with Crippen LogP contribution in [-0.2, 0) is 13.0 Å². The van der Waals surface area contributed by atoms with Crippen LogP contribution in [0.15, 0.2) is 81.1 Å². The van der Waals surface area contributed by atoms with E-state index in [1.807, 2.05) is 30.3 Å². The molecule has 0 atom stereocenters. The average Bonchev–Trinajstić information content (AvgIpc) is 2.83. The summed E-state index contributed by atoms with van der Waals surface area (Å²) in [6, 6.07) is 19.3. The van der Waals surface area contributed by atoms with Crippen LogP contribution >= 0.6 is 15.9 Å². The van der Waals surface area contributed by atoms with Gasteiger partial charge in [-0.25, -0.2) is 9.37 Å². The summed E-state index contributed by atoms with van der Waals surface area (Å²) in [7, 11) is 0. The van der Waals surface area contributed by atoms with E-state index < -0.39 is 0 Å². The molecule has 0 saturated heterocycles. The van der Waals surface area contributed by atoms with Crippen LogP contribution in [0.1, 0.15) is 36.7 Å². The third-order valence-electron chi connectivity index (χ3n) is 5.20. The molecule has 0 fully saturated rings. The molecule has 0 unspecified atom stereocenters. The molecule has 0 bridgehead atoms. The summed E-state index contributed by atoms with van der Waals surface area (Å²) in [4.78, 5) is 17.9. The third kappa shape index (κ3) is 5.37. The molecular formula is C26H23BrFN3O2. The largest absolute Gasteiger partial charge is 0.488 e. The van der Waals surface area contributed by atoms with Crippen molar-refractivity contribution in [3.63, 3.8) is 0 Å². The number of aromatic nitrogens is 2. The smallest absolute Gasteiger partial charge is 0.282 e. The SMILES string of the molecule is CCCCc1nc2ccc(Br)cc2c(=O)n1N=Cc1ccccc1OCc1ccccc1F. The zero-order chi connectivity index (χ0) is 23.2. The molecule has 168 valence electrons. The minimum atomic E-state index is -0.316. The van der Waals surface area contributed by atoms with Crippen molar-refractivity contribution in [2.24, 2.45) is 5.10 Å². The molecule has 7 heteroatoms. The lowest BCUT2D eigenvalue weighted by Gasteiger charge is -2.11. The second kappa shape index (κ2) is 10.5. The zero-order valence-corrected chi connectivity index (χ0v) is 19.8. The molecule has 0 saturated carbocycles. The zero-order valence-electron chi connectivity index (χ0n) is 18.2. The van der Waals surface area contributed by atoms with Gasteiger partial charge in [-0.1, -0.05) is 59.6 Å². The average molecular weight is 508 g/mol. The van der Waals surface area contributed by atoms with Gasteiger partial charge in [-0.15, -0.1) is 0 Å². The Morgan fingerprint density at radius 2 is 1.91 bits per heavy atom. The molecule has 0 radical (unpaired) electrons. The van der Waals surface area contributed by atoms with Crippen molar-refractivity contribution in [3.8, 4) is 5.75 Å². The lowest BCUT2D eigenvalue weighted by molar-refractivity contribution is 0.299. The molecule has 4 aromatic rings. The van der Waals surface area contributed by atoms with Gasteiger partial charge in [0.2, 0.25) is 0 Å². The van der Waals surface area contributed by atoms with Crippen LogP contribution in [0.25, 0.3) is 10.9 Å². The van der Waals surface area contributed by atoms with E-state index in [4.69, 9.17) is 9.72 Å². The summed E-state index contributed by atoms with van der Waals surface area (Å²) in [5.74, 6) is 0.839. The van der Waals surface area contributed by atoms with Crippen LogP contribution in [0.2, 0.25) is 0 Å². The summed E-state index contributed by atoms with van der Waals surface area (Å²) in [5.41, 5.74) is 1.56. The minimum absolute atomic E-state index is 0.0881. The maximum absolute atomic E-state index is 14.0. The van der Waals surface area contributed by atoms with Gasteiger partial charge in [0.1, 0.15) is 24.0 Å². The predicted octanol–water partition coefficient (Wildman–Crippen LogP) is 6.10. The summed E-state index contributed by atoms with van der Waals surface area (Å²) in [6.45, 7) is 2.18. The lowest BCUT2D eigenvalue weighted by atomic mass is 10.2. The summed E-state index contributed by atoms with van der Waals surface area (Å²) >= 11 is 3.42.